The van der Waals surface area contributed by atoms with Crippen molar-refractivity contribution in [2.24, 2.45) is 0 Å². The van der Waals surface area contributed by atoms with Crippen LogP contribution in [0.4, 0.5) is 34.1 Å². The Morgan fingerprint density at radius 1 is 0.439 bits per heavy atom. The maximum Gasteiger partial charge on any atom is 0.373 e. The Morgan fingerprint density at radius 2 is 0.788 bits per heavy atom. The third kappa shape index (κ3) is 7.68. The number of carbonyl (C=O) groups excluding carboxylic acids is 1. The lowest BCUT2D eigenvalue weighted by Gasteiger charge is -2.25. The zero-order chi connectivity index (χ0) is 44.4. The SMILES string of the molecule is COC(=O)c1ccccc1[C+]1c2sc(-c3ccc(N(c4ccccc4)c4ccccc4)cc3)cc2B(c2ccccc2)c2cc(-c3ccc(N(c4ccccc4)c4ccccc4)cc3)sc21. The number of ether oxygens (including phenoxy) is 1. The van der Waals surface area contributed by atoms with Crippen LogP contribution in [0.3, 0.4) is 0 Å². The minimum absolute atomic E-state index is 0.0305. The van der Waals surface area contributed by atoms with Crippen LogP contribution in [0.5, 0.6) is 0 Å². The zero-order valence-corrected chi connectivity index (χ0v) is 37.8. The van der Waals surface area contributed by atoms with Gasteiger partial charge < -0.3 is 14.5 Å². The maximum atomic E-state index is 13.6. The van der Waals surface area contributed by atoms with E-state index < -0.39 is 0 Å². The number of methoxy groups -OCH3 is 1. The second-order valence-corrected chi connectivity index (χ2v) is 18.3. The van der Waals surface area contributed by atoms with Crippen LogP contribution in [0.15, 0.2) is 237 Å². The van der Waals surface area contributed by atoms with Gasteiger partial charge in [-0.15, -0.1) is 22.7 Å². The van der Waals surface area contributed by atoms with E-state index in [2.05, 4.69) is 228 Å². The van der Waals surface area contributed by atoms with Crippen LogP contribution in [0.2, 0.25) is 0 Å². The van der Waals surface area contributed by atoms with Gasteiger partial charge in [-0.2, -0.15) is 0 Å². The third-order valence-electron chi connectivity index (χ3n) is 12.2. The third-order valence-corrected chi connectivity index (χ3v) is 14.6. The van der Waals surface area contributed by atoms with Gasteiger partial charge in [0.25, 0.3) is 0 Å². The van der Waals surface area contributed by atoms with Crippen LogP contribution in [-0.4, -0.2) is 19.8 Å². The van der Waals surface area contributed by atoms with Gasteiger partial charge in [0, 0.05) is 60.9 Å². The van der Waals surface area contributed by atoms with Crippen molar-refractivity contribution < 1.29 is 9.53 Å². The maximum absolute atomic E-state index is 13.6. The number of nitrogens with zero attached hydrogens (tertiary/aromatic N) is 2. The zero-order valence-electron chi connectivity index (χ0n) is 36.1. The number of thiophene rings is 2. The van der Waals surface area contributed by atoms with Gasteiger partial charge in [0.1, 0.15) is 5.56 Å². The Hall–Kier alpha value is -7.84. The summed E-state index contributed by atoms with van der Waals surface area (Å²) in [5.74, 6) is 0.710. The number of anilines is 6. The van der Waals surface area contributed by atoms with E-state index in [4.69, 9.17) is 4.74 Å². The second-order valence-electron chi connectivity index (χ2n) is 16.2. The minimum Gasteiger partial charge on any atom is -0.459 e. The van der Waals surface area contributed by atoms with E-state index in [1.165, 1.54) is 33.3 Å². The van der Waals surface area contributed by atoms with Crippen molar-refractivity contribution in [3.63, 3.8) is 0 Å². The smallest absolute Gasteiger partial charge is 0.373 e. The van der Waals surface area contributed by atoms with Crippen LogP contribution in [0, 0.1) is 5.92 Å². The van der Waals surface area contributed by atoms with E-state index in [1.54, 1.807) is 22.7 Å². The van der Waals surface area contributed by atoms with Crippen molar-refractivity contribution in [1.82, 2.24) is 0 Å². The average molecular weight is 886 g/mol. The Bertz CT molecular complexity index is 3000. The Labute approximate surface area is 394 Å². The Kier molecular flexibility index (Phi) is 11.1. The number of fused-ring (bicyclic) bond motifs is 2. The quantitative estimate of drug-likeness (QED) is 0.0736. The molecule has 0 aliphatic carbocycles. The van der Waals surface area contributed by atoms with Gasteiger partial charge in [-0.05, 0) is 114 Å². The van der Waals surface area contributed by atoms with Crippen molar-refractivity contribution in [3.8, 4) is 20.9 Å². The predicted octanol–water partition coefficient (Wildman–Crippen LogP) is 13.7. The first-order chi connectivity index (χ1) is 32.6. The number of hydrogen-bond donors (Lipinski definition) is 0. The highest BCUT2D eigenvalue weighted by molar-refractivity contribution is 7.22. The molecule has 8 aromatic carbocycles. The van der Waals surface area contributed by atoms with Gasteiger partial charge in [-0.1, -0.05) is 133 Å². The molecule has 314 valence electrons. The molecule has 0 unspecified atom stereocenters. The largest absolute Gasteiger partial charge is 0.459 e. The predicted molar refractivity (Wildman–Crippen MR) is 278 cm³/mol. The fourth-order valence-electron chi connectivity index (χ4n) is 9.18. The lowest BCUT2D eigenvalue weighted by Crippen LogP contribution is -2.56. The van der Waals surface area contributed by atoms with Gasteiger partial charge in [0.05, 0.1) is 28.3 Å². The summed E-state index contributed by atoms with van der Waals surface area (Å²) in [5, 5.41) is 0. The molecule has 0 amide bonds. The second kappa shape index (κ2) is 18.0. The monoisotopic (exact) mass is 885 g/mol. The van der Waals surface area contributed by atoms with Crippen LogP contribution < -0.4 is 26.2 Å². The Balaban J connectivity index is 1.04. The molecule has 0 atom stereocenters. The molecular formula is C59H42BN2O2S2+. The summed E-state index contributed by atoms with van der Waals surface area (Å²) < 4.78 is 5.42. The molecule has 1 aliphatic heterocycles. The molecule has 0 bridgehead atoms. The summed E-state index contributed by atoms with van der Waals surface area (Å²) in [6.45, 7) is -0.0305. The summed E-state index contributed by atoms with van der Waals surface area (Å²) in [4.78, 5) is 22.8. The summed E-state index contributed by atoms with van der Waals surface area (Å²) in [6.07, 6.45) is 0. The van der Waals surface area contributed by atoms with Crippen molar-refractivity contribution in [2.75, 3.05) is 16.9 Å². The number of carbonyl (C=O) groups is 1. The first-order valence-electron chi connectivity index (χ1n) is 22.0. The molecule has 0 spiro atoms. The van der Waals surface area contributed by atoms with E-state index in [0.29, 0.717) is 5.56 Å². The van der Waals surface area contributed by atoms with Gasteiger partial charge in [-0.25, -0.2) is 4.79 Å². The molecule has 0 fully saturated rings. The highest BCUT2D eigenvalue weighted by Gasteiger charge is 2.47. The summed E-state index contributed by atoms with van der Waals surface area (Å²) in [7, 11) is 1.46. The molecular weight excluding hydrogens is 844 g/mol. The molecule has 7 heteroatoms. The number of benzene rings is 8. The normalized spacial score (nSPS) is 11.7. The Morgan fingerprint density at radius 3 is 1.18 bits per heavy atom. The average Bonchev–Trinajstić information content (AvgIpc) is 4.03. The number of rotatable bonds is 11. The lowest BCUT2D eigenvalue weighted by molar-refractivity contribution is 0.0600. The van der Waals surface area contributed by atoms with Crippen molar-refractivity contribution in [2.45, 2.75) is 0 Å². The van der Waals surface area contributed by atoms with E-state index in [-0.39, 0.29) is 12.7 Å². The summed E-state index contributed by atoms with van der Waals surface area (Å²) in [5.41, 5.74) is 13.9. The van der Waals surface area contributed by atoms with Crippen molar-refractivity contribution >= 4 is 85.9 Å². The van der Waals surface area contributed by atoms with Gasteiger partial charge in [0.2, 0.25) is 0 Å². The molecule has 0 saturated heterocycles. The lowest BCUT2D eigenvalue weighted by atomic mass is 9.34. The molecule has 4 nitrogen and oxygen atoms in total. The van der Waals surface area contributed by atoms with Crippen LogP contribution in [0.1, 0.15) is 25.7 Å². The molecule has 2 aromatic heterocycles. The number of hydrogen-bond acceptors (Lipinski definition) is 6. The summed E-state index contributed by atoms with van der Waals surface area (Å²) >= 11 is 3.59. The van der Waals surface area contributed by atoms with Crippen molar-refractivity contribution in [1.29, 1.82) is 0 Å². The highest BCUT2D eigenvalue weighted by Crippen LogP contribution is 2.46. The topological polar surface area (TPSA) is 32.8 Å². The number of para-hydroxylation sites is 4. The van der Waals surface area contributed by atoms with Gasteiger partial charge in [-0.3, -0.25) is 0 Å². The molecule has 3 heterocycles. The standard InChI is InChI=1S/C59H42BN2O2S2/c1-64-59(63)51-30-18-17-29-50(51)56-57-52(39-54(65-57)41-31-35-48(36-32-41)61(44-21-9-3-10-22-44)45-23-11-4-12-24-45)60(43-19-7-2-8-20-43)53-40-55(66-58(53)56)42-33-37-49(38-34-42)62(46-25-13-5-14-26-46)47-27-15-6-16-28-47/h2-40H,1H3/q+1. The number of esters is 1. The van der Waals surface area contributed by atoms with Crippen LogP contribution in [0.25, 0.3) is 20.9 Å². The molecule has 10 aromatic rings. The highest BCUT2D eigenvalue weighted by atomic mass is 32.1. The van der Waals surface area contributed by atoms with Gasteiger partial charge in [0.15, 0.2) is 0 Å². The van der Waals surface area contributed by atoms with E-state index >= 15 is 0 Å². The summed E-state index contributed by atoms with van der Waals surface area (Å²) in [6, 6.07) is 83.3. The van der Waals surface area contributed by atoms with Crippen LogP contribution >= 0.6 is 22.7 Å². The van der Waals surface area contributed by atoms with Crippen molar-refractivity contribution in [3.05, 3.63) is 263 Å². The molecule has 0 N–H and O–H groups in total. The fourth-order valence-corrected chi connectivity index (χ4v) is 11.8. The van der Waals surface area contributed by atoms with E-state index in [9.17, 15) is 4.79 Å². The fraction of sp³-hybridized carbons (Fsp3) is 0.0169. The molecule has 66 heavy (non-hydrogen) atoms. The molecule has 11 rings (SSSR count). The van der Waals surface area contributed by atoms with Crippen LogP contribution in [-0.2, 0) is 4.74 Å². The minimum atomic E-state index is -0.353. The van der Waals surface area contributed by atoms with E-state index in [1.807, 2.05) is 18.2 Å². The van der Waals surface area contributed by atoms with E-state index in [0.717, 1.165) is 66.5 Å². The molecule has 0 saturated carbocycles. The van der Waals surface area contributed by atoms with Gasteiger partial charge >= 0.3 is 12.7 Å². The first kappa shape index (κ1) is 40.9. The molecule has 1 aliphatic rings. The first-order valence-corrected chi connectivity index (χ1v) is 23.7. The molecule has 0 radical (unpaired) electrons.